The van der Waals surface area contributed by atoms with Crippen molar-refractivity contribution in [2.75, 3.05) is 26.3 Å². The maximum Gasteiger partial charge on any atom is 0.316 e. The third-order valence-corrected chi connectivity index (χ3v) is 2.83. The van der Waals surface area contributed by atoms with Gasteiger partial charge in [-0.25, -0.2) is 0 Å². The van der Waals surface area contributed by atoms with Crippen molar-refractivity contribution in [3.63, 3.8) is 0 Å². The van der Waals surface area contributed by atoms with Gasteiger partial charge < -0.3 is 14.2 Å². The van der Waals surface area contributed by atoms with Gasteiger partial charge in [0.05, 0.1) is 13.2 Å². The lowest BCUT2D eigenvalue weighted by Crippen LogP contribution is -2.40. The third-order valence-electron chi connectivity index (χ3n) is 2.83. The van der Waals surface area contributed by atoms with Gasteiger partial charge in [0.25, 0.3) is 0 Å². The Morgan fingerprint density at radius 2 is 2.16 bits per heavy atom. The molecule has 3 rings (SSSR count). The number of ether oxygens (including phenoxy) is 1. The summed E-state index contributed by atoms with van der Waals surface area (Å²) in [7, 11) is 0. The van der Waals surface area contributed by atoms with Crippen molar-refractivity contribution in [3.05, 3.63) is 30.4 Å². The molecule has 0 aromatic carbocycles. The smallest absolute Gasteiger partial charge is 0.316 e. The number of rotatable bonds is 2. The summed E-state index contributed by atoms with van der Waals surface area (Å²) in [4.78, 5) is 21.8. The molecular weight excluding hydrogens is 248 g/mol. The van der Waals surface area contributed by atoms with Gasteiger partial charge in [-0.2, -0.15) is 4.98 Å². The highest BCUT2D eigenvalue weighted by Gasteiger charge is 2.24. The zero-order valence-electron chi connectivity index (χ0n) is 10.2. The molecule has 1 aliphatic heterocycles. The number of aromatic nitrogens is 3. The summed E-state index contributed by atoms with van der Waals surface area (Å²) in [6.45, 7) is 2.16. The van der Waals surface area contributed by atoms with Gasteiger partial charge in [0.2, 0.25) is 5.82 Å². The second-order valence-corrected chi connectivity index (χ2v) is 4.07. The van der Waals surface area contributed by atoms with Gasteiger partial charge in [-0.15, -0.1) is 0 Å². The first-order chi connectivity index (χ1) is 9.34. The summed E-state index contributed by atoms with van der Waals surface area (Å²) in [6, 6.07) is 3.58. The van der Waals surface area contributed by atoms with E-state index in [4.69, 9.17) is 9.26 Å². The maximum absolute atomic E-state index is 12.1. The molecule has 2 aromatic heterocycles. The van der Waals surface area contributed by atoms with E-state index in [0.29, 0.717) is 37.7 Å². The maximum atomic E-state index is 12.1. The van der Waals surface area contributed by atoms with Gasteiger partial charge in [0.1, 0.15) is 0 Å². The van der Waals surface area contributed by atoms with Crippen molar-refractivity contribution in [2.24, 2.45) is 0 Å². The van der Waals surface area contributed by atoms with Crippen molar-refractivity contribution in [3.8, 4) is 11.4 Å². The summed E-state index contributed by atoms with van der Waals surface area (Å²) in [6.07, 6.45) is 3.28. The van der Waals surface area contributed by atoms with E-state index in [2.05, 4.69) is 15.1 Å². The van der Waals surface area contributed by atoms with Crippen molar-refractivity contribution in [2.45, 2.75) is 0 Å². The minimum Gasteiger partial charge on any atom is -0.378 e. The predicted octanol–water partition coefficient (Wildman–Crippen LogP) is 0.604. The summed E-state index contributed by atoms with van der Waals surface area (Å²) >= 11 is 0. The molecule has 98 valence electrons. The van der Waals surface area contributed by atoms with Crippen LogP contribution in [-0.2, 0) is 4.74 Å². The lowest BCUT2D eigenvalue weighted by Gasteiger charge is -2.25. The highest BCUT2D eigenvalue weighted by Crippen LogP contribution is 2.14. The van der Waals surface area contributed by atoms with Crippen molar-refractivity contribution < 1.29 is 14.1 Å². The highest BCUT2D eigenvalue weighted by molar-refractivity contribution is 5.90. The molecule has 19 heavy (non-hydrogen) atoms. The first-order valence-corrected chi connectivity index (χ1v) is 5.96. The molecule has 2 aromatic rings. The van der Waals surface area contributed by atoms with Crippen LogP contribution in [0.2, 0.25) is 0 Å². The highest BCUT2D eigenvalue weighted by atomic mass is 16.5. The van der Waals surface area contributed by atoms with E-state index in [1.807, 2.05) is 0 Å². The molecule has 7 heteroatoms. The quantitative estimate of drug-likeness (QED) is 0.786. The minimum absolute atomic E-state index is 0.000697. The van der Waals surface area contributed by atoms with E-state index in [-0.39, 0.29) is 11.8 Å². The Kier molecular flexibility index (Phi) is 3.20. The van der Waals surface area contributed by atoms with Gasteiger partial charge in [-0.1, -0.05) is 5.16 Å². The number of hydrogen-bond donors (Lipinski definition) is 0. The molecular formula is C12H12N4O3. The minimum atomic E-state index is -0.258. The van der Waals surface area contributed by atoms with Gasteiger partial charge in [0.15, 0.2) is 0 Å². The Morgan fingerprint density at radius 3 is 2.89 bits per heavy atom. The van der Waals surface area contributed by atoms with Gasteiger partial charge in [-0.05, 0) is 12.1 Å². The van der Waals surface area contributed by atoms with E-state index in [0.717, 1.165) is 0 Å². The Morgan fingerprint density at radius 1 is 1.32 bits per heavy atom. The SMILES string of the molecule is O=C(c1nc(-c2cccnc2)no1)N1CCOCC1. The second kappa shape index (κ2) is 5.15. The molecule has 1 fully saturated rings. The molecule has 1 saturated heterocycles. The second-order valence-electron chi connectivity index (χ2n) is 4.07. The summed E-state index contributed by atoms with van der Waals surface area (Å²) in [5.41, 5.74) is 0.715. The Labute approximate surface area is 109 Å². The van der Waals surface area contributed by atoms with E-state index >= 15 is 0 Å². The van der Waals surface area contributed by atoms with E-state index in [9.17, 15) is 4.79 Å². The van der Waals surface area contributed by atoms with Gasteiger partial charge in [0, 0.05) is 31.0 Å². The molecule has 0 unspecified atom stereocenters. The molecule has 0 spiro atoms. The van der Waals surface area contributed by atoms with Crippen molar-refractivity contribution in [1.82, 2.24) is 20.0 Å². The van der Waals surface area contributed by atoms with E-state index < -0.39 is 0 Å². The van der Waals surface area contributed by atoms with E-state index in [1.165, 1.54) is 0 Å². The molecule has 1 amide bonds. The van der Waals surface area contributed by atoms with Crippen LogP contribution in [0.4, 0.5) is 0 Å². The lowest BCUT2D eigenvalue weighted by atomic mass is 10.3. The molecule has 0 atom stereocenters. The largest absolute Gasteiger partial charge is 0.378 e. The number of carbonyl (C=O) groups excluding carboxylic acids is 1. The van der Waals surface area contributed by atoms with Gasteiger partial charge in [-0.3, -0.25) is 9.78 Å². The fourth-order valence-corrected chi connectivity index (χ4v) is 1.82. The normalized spacial score (nSPS) is 15.5. The van der Waals surface area contributed by atoms with Crippen LogP contribution < -0.4 is 0 Å². The van der Waals surface area contributed by atoms with Crippen LogP contribution in [0.1, 0.15) is 10.7 Å². The number of carbonyl (C=O) groups is 1. The fourth-order valence-electron chi connectivity index (χ4n) is 1.82. The summed E-state index contributed by atoms with van der Waals surface area (Å²) in [5.74, 6) is 0.108. The number of amides is 1. The zero-order valence-corrected chi connectivity index (χ0v) is 10.2. The Bertz CT molecular complexity index is 563. The first kappa shape index (κ1) is 11.8. The van der Waals surface area contributed by atoms with E-state index in [1.54, 1.807) is 29.4 Å². The van der Waals surface area contributed by atoms with Crippen LogP contribution in [0.15, 0.2) is 29.0 Å². The fraction of sp³-hybridized carbons (Fsp3) is 0.333. The average Bonchev–Trinajstić information content (AvgIpc) is 2.98. The number of nitrogens with zero attached hydrogens (tertiary/aromatic N) is 4. The van der Waals surface area contributed by atoms with Crippen LogP contribution in [0.5, 0.6) is 0 Å². The molecule has 3 heterocycles. The first-order valence-electron chi connectivity index (χ1n) is 5.96. The predicted molar refractivity (Wildman–Crippen MR) is 64.3 cm³/mol. The summed E-state index contributed by atoms with van der Waals surface area (Å²) in [5, 5.41) is 3.80. The molecule has 7 nitrogen and oxygen atoms in total. The van der Waals surface area contributed by atoms with Gasteiger partial charge >= 0.3 is 11.8 Å². The molecule has 0 radical (unpaired) electrons. The Hall–Kier alpha value is -2.28. The molecule has 0 saturated carbocycles. The molecule has 1 aliphatic rings. The monoisotopic (exact) mass is 260 g/mol. The number of pyridine rings is 1. The standard InChI is InChI=1S/C12H12N4O3/c17-12(16-4-6-18-7-5-16)11-14-10(15-19-11)9-2-1-3-13-8-9/h1-3,8H,4-7H2. The van der Waals surface area contributed by atoms with Crippen molar-refractivity contribution in [1.29, 1.82) is 0 Å². The zero-order chi connectivity index (χ0) is 13.1. The van der Waals surface area contributed by atoms with Crippen LogP contribution in [0.3, 0.4) is 0 Å². The van der Waals surface area contributed by atoms with Crippen LogP contribution in [0, 0.1) is 0 Å². The third kappa shape index (κ3) is 2.45. The Balaban J connectivity index is 1.79. The van der Waals surface area contributed by atoms with Crippen LogP contribution >= 0.6 is 0 Å². The average molecular weight is 260 g/mol. The number of hydrogen-bond acceptors (Lipinski definition) is 6. The molecule has 0 bridgehead atoms. The van der Waals surface area contributed by atoms with Crippen molar-refractivity contribution >= 4 is 5.91 Å². The molecule has 0 aliphatic carbocycles. The lowest BCUT2D eigenvalue weighted by molar-refractivity contribution is 0.0272. The summed E-state index contributed by atoms with van der Waals surface area (Å²) < 4.78 is 10.2. The van der Waals surface area contributed by atoms with Crippen LogP contribution in [0.25, 0.3) is 11.4 Å². The number of morpholine rings is 1. The molecule has 0 N–H and O–H groups in total. The van der Waals surface area contributed by atoms with Crippen LogP contribution in [-0.4, -0.2) is 52.2 Å². The topological polar surface area (TPSA) is 81.3 Å².